The van der Waals surface area contributed by atoms with Gasteiger partial charge in [0, 0.05) is 7.11 Å². The summed E-state index contributed by atoms with van der Waals surface area (Å²) in [6, 6.07) is 0. The first-order valence-corrected chi connectivity index (χ1v) is 2.50. The molecule has 0 aromatic carbocycles. The standard InChI is InChI=1S/C3H7BrO2/c1-6-2-3(4)5/h3,5H,2H2,1H3. The van der Waals surface area contributed by atoms with E-state index < -0.39 is 5.01 Å². The van der Waals surface area contributed by atoms with E-state index in [-0.39, 0.29) is 0 Å². The molecule has 0 fully saturated rings. The van der Waals surface area contributed by atoms with Crippen LogP contribution in [0.15, 0.2) is 0 Å². The lowest BCUT2D eigenvalue weighted by Crippen LogP contribution is -2.03. The minimum Gasteiger partial charge on any atom is -0.381 e. The second-order valence-corrected chi connectivity index (χ2v) is 1.95. The first kappa shape index (κ1) is 6.40. The molecule has 0 rings (SSSR count). The molecule has 0 radical (unpaired) electrons. The van der Waals surface area contributed by atoms with Gasteiger partial charge in [0.1, 0.15) is 5.01 Å². The summed E-state index contributed by atoms with van der Waals surface area (Å²) in [7, 11) is 1.53. The van der Waals surface area contributed by atoms with Gasteiger partial charge in [0.2, 0.25) is 0 Å². The van der Waals surface area contributed by atoms with Gasteiger partial charge in [-0.1, -0.05) is 15.9 Å². The first-order chi connectivity index (χ1) is 2.77. The van der Waals surface area contributed by atoms with Crippen LogP contribution in [0.2, 0.25) is 0 Å². The number of hydrogen-bond acceptors (Lipinski definition) is 2. The van der Waals surface area contributed by atoms with Crippen LogP contribution < -0.4 is 0 Å². The van der Waals surface area contributed by atoms with Crippen LogP contribution >= 0.6 is 15.9 Å². The fourth-order valence-electron chi connectivity index (χ4n) is 0.138. The van der Waals surface area contributed by atoms with E-state index in [4.69, 9.17) is 5.11 Å². The van der Waals surface area contributed by atoms with Crippen LogP contribution in [0, 0.1) is 0 Å². The third-order valence-corrected chi connectivity index (χ3v) is 0.569. The molecular formula is C3H7BrO2. The van der Waals surface area contributed by atoms with Crippen LogP contribution in [-0.2, 0) is 4.74 Å². The van der Waals surface area contributed by atoms with E-state index in [1.165, 1.54) is 7.11 Å². The lowest BCUT2D eigenvalue weighted by molar-refractivity contribution is 0.120. The molecule has 1 unspecified atom stereocenters. The van der Waals surface area contributed by atoms with Crippen LogP contribution in [0.25, 0.3) is 0 Å². The van der Waals surface area contributed by atoms with E-state index in [0.717, 1.165) is 0 Å². The Morgan fingerprint density at radius 2 is 2.50 bits per heavy atom. The highest BCUT2D eigenvalue weighted by molar-refractivity contribution is 9.09. The van der Waals surface area contributed by atoms with Crippen molar-refractivity contribution in [3.05, 3.63) is 0 Å². The second-order valence-electron chi connectivity index (χ2n) is 0.890. The molecule has 0 heterocycles. The lowest BCUT2D eigenvalue weighted by atomic mass is 10.8. The average Bonchev–Trinajstić information content (AvgIpc) is 1.35. The zero-order valence-electron chi connectivity index (χ0n) is 3.52. The van der Waals surface area contributed by atoms with Crippen LogP contribution in [0.3, 0.4) is 0 Å². The normalized spacial score (nSPS) is 14.5. The van der Waals surface area contributed by atoms with Crippen molar-refractivity contribution in [1.82, 2.24) is 0 Å². The largest absolute Gasteiger partial charge is 0.381 e. The third-order valence-electron chi connectivity index (χ3n) is 0.304. The van der Waals surface area contributed by atoms with Crippen molar-refractivity contribution in [2.75, 3.05) is 13.7 Å². The fraction of sp³-hybridized carbons (Fsp3) is 1.00. The predicted molar refractivity (Wildman–Crippen MR) is 26.8 cm³/mol. The Balaban J connectivity index is 2.63. The summed E-state index contributed by atoms with van der Waals surface area (Å²) in [5.41, 5.74) is 0. The van der Waals surface area contributed by atoms with Crippen molar-refractivity contribution in [2.24, 2.45) is 0 Å². The Labute approximate surface area is 45.2 Å². The Hall–Kier alpha value is 0.400. The molecule has 0 aromatic rings. The summed E-state index contributed by atoms with van der Waals surface area (Å²) in [5.74, 6) is 0. The molecule has 0 spiro atoms. The maximum absolute atomic E-state index is 8.34. The molecule has 0 saturated carbocycles. The monoisotopic (exact) mass is 154 g/mol. The van der Waals surface area contributed by atoms with Gasteiger partial charge in [-0.15, -0.1) is 0 Å². The van der Waals surface area contributed by atoms with Crippen molar-refractivity contribution < 1.29 is 9.84 Å². The Morgan fingerprint density at radius 3 is 2.50 bits per heavy atom. The molecule has 6 heavy (non-hydrogen) atoms. The van der Waals surface area contributed by atoms with Gasteiger partial charge in [0.25, 0.3) is 0 Å². The van der Waals surface area contributed by atoms with Gasteiger partial charge in [-0.3, -0.25) is 0 Å². The van der Waals surface area contributed by atoms with Gasteiger partial charge in [-0.2, -0.15) is 0 Å². The number of aliphatic hydroxyl groups is 1. The lowest BCUT2D eigenvalue weighted by Gasteiger charge is -1.95. The summed E-state index contributed by atoms with van der Waals surface area (Å²) in [6.07, 6.45) is 0. The SMILES string of the molecule is COCC(O)Br. The van der Waals surface area contributed by atoms with Gasteiger partial charge in [-0.25, -0.2) is 0 Å². The molecule has 1 atom stereocenters. The minimum absolute atomic E-state index is 0.347. The Bertz CT molecular complexity index is 30.0. The van der Waals surface area contributed by atoms with Gasteiger partial charge < -0.3 is 9.84 Å². The van der Waals surface area contributed by atoms with Crippen LogP contribution in [0.4, 0.5) is 0 Å². The molecule has 0 aliphatic rings. The molecule has 0 saturated heterocycles. The van der Waals surface area contributed by atoms with E-state index in [2.05, 4.69) is 20.7 Å². The maximum Gasteiger partial charge on any atom is 0.132 e. The minimum atomic E-state index is -0.512. The molecule has 0 aliphatic heterocycles. The number of ether oxygens (including phenoxy) is 1. The van der Waals surface area contributed by atoms with Crippen LogP contribution in [-0.4, -0.2) is 23.8 Å². The van der Waals surface area contributed by atoms with E-state index >= 15 is 0 Å². The number of methoxy groups -OCH3 is 1. The van der Waals surface area contributed by atoms with Crippen LogP contribution in [0.5, 0.6) is 0 Å². The summed E-state index contributed by atoms with van der Waals surface area (Å²) < 4.78 is 4.51. The number of halogens is 1. The van der Waals surface area contributed by atoms with Crippen molar-refractivity contribution in [3.8, 4) is 0 Å². The molecule has 3 heteroatoms. The topological polar surface area (TPSA) is 29.5 Å². The molecule has 0 bridgehead atoms. The van der Waals surface area contributed by atoms with E-state index in [1.54, 1.807) is 0 Å². The molecular weight excluding hydrogens is 148 g/mol. The highest BCUT2D eigenvalue weighted by atomic mass is 79.9. The predicted octanol–water partition coefficient (Wildman–Crippen LogP) is 0.346. The molecule has 0 aromatic heterocycles. The van der Waals surface area contributed by atoms with E-state index in [0.29, 0.717) is 6.61 Å². The highest BCUT2D eigenvalue weighted by Gasteiger charge is 1.90. The van der Waals surface area contributed by atoms with Crippen molar-refractivity contribution in [2.45, 2.75) is 5.01 Å². The summed E-state index contributed by atoms with van der Waals surface area (Å²) in [6.45, 7) is 0.347. The Kier molecular flexibility index (Phi) is 3.82. The second kappa shape index (κ2) is 3.59. The number of hydrogen-bond donors (Lipinski definition) is 1. The zero-order valence-corrected chi connectivity index (χ0v) is 5.10. The number of rotatable bonds is 2. The molecule has 38 valence electrons. The maximum atomic E-state index is 8.34. The zero-order chi connectivity index (χ0) is 4.99. The van der Waals surface area contributed by atoms with Crippen molar-refractivity contribution >= 4 is 15.9 Å². The first-order valence-electron chi connectivity index (χ1n) is 1.58. The smallest absolute Gasteiger partial charge is 0.132 e. The molecule has 0 amide bonds. The van der Waals surface area contributed by atoms with Gasteiger partial charge in [-0.05, 0) is 0 Å². The summed E-state index contributed by atoms with van der Waals surface area (Å²) >= 11 is 2.87. The fourth-order valence-corrected chi connectivity index (χ4v) is 0.402. The van der Waals surface area contributed by atoms with E-state index in [9.17, 15) is 0 Å². The Morgan fingerprint density at radius 1 is 2.00 bits per heavy atom. The van der Waals surface area contributed by atoms with E-state index in [1.807, 2.05) is 0 Å². The summed E-state index contributed by atoms with van der Waals surface area (Å²) in [5, 5.41) is 7.83. The number of alkyl halides is 1. The molecule has 1 N–H and O–H groups in total. The van der Waals surface area contributed by atoms with Gasteiger partial charge >= 0.3 is 0 Å². The highest BCUT2D eigenvalue weighted by Crippen LogP contribution is 1.90. The molecule has 2 nitrogen and oxygen atoms in total. The van der Waals surface area contributed by atoms with Crippen LogP contribution in [0.1, 0.15) is 0 Å². The molecule has 0 aliphatic carbocycles. The quantitative estimate of drug-likeness (QED) is 0.583. The average molecular weight is 155 g/mol. The number of aliphatic hydroxyl groups excluding tert-OH is 1. The van der Waals surface area contributed by atoms with Crippen molar-refractivity contribution in [3.63, 3.8) is 0 Å². The van der Waals surface area contributed by atoms with Gasteiger partial charge in [0.05, 0.1) is 6.61 Å². The summed E-state index contributed by atoms with van der Waals surface area (Å²) in [4.78, 5) is 0. The van der Waals surface area contributed by atoms with Crippen molar-refractivity contribution in [1.29, 1.82) is 0 Å². The van der Waals surface area contributed by atoms with Gasteiger partial charge in [0.15, 0.2) is 0 Å². The third kappa shape index (κ3) is 4.40.